The van der Waals surface area contributed by atoms with Crippen LogP contribution in [0.2, 0.25) is 25.7 Å². The van der Waals surface area contributed by atoms with Gasteiger partial charge in [-0.05, 0) is 48.6 Å². The molecule has 35 heavy (non-hydrogen) atoms. The van der Waals surface area contributed by atoms with Gasteiger partial charge in [0.25, 0.3) is 5.91 Å². The molecule has 2 aliphatic heterocycles. The van der Waals surface area contributed by atoms with Crippen LogP contribution < -0.4 is 0 Å². The number of benzene rings is 2. The molecule has 0 N–H and O–H groups in total. The summed E-state index contributed by atoms with van der Waals surface area (Å²) >= 11 is 0. The van der Waals surface area contributed by atoms with Crippen LogP contribution in [-0.4, -0.2) is 42.4 Å². The number of hydrogen-bond donors (Lipinski definition) is 0. The van der Waals surface area contributed by atoms with E-state index in [1.165, 1.54) is 0 Å². The van der Waals surface area contributed by atoms with E-state index in [0.29, 0.717) is 26.1 Å². The second-order valence-corrected chi connectivity index (χ2v) is 17.6. The van der Waals surface area contributed by atoms with Gasteiger partial charge in [0.05, 0.1) is 11.2 Å². The van der Waals surface area contributed by atoms with Gasteiger partial charge in [-0.1, -0.05) is 63.0 Å². The number of rotatable bonds is 8. The lowest BCUT2D eigenvalue weighted by Crippen LogP contribution is -2.41. The van der Waals surface area contributed by atoms with E-state index in [2.05, 4.69) is 67.5 Å². The predicted molar refractivity (Wildman–Crippen MR) is 142 cm³/mol. The topological polar surface area (TPSA) is 51.5 Å². The molecule has 0 radical (unpaired) electrons. The smallest absolute Gasteiger partial charge is 0.255 e. The lowest BCUT2D eigenvalue weighted by atomic mass is 9.74. The number of para-hydroxylation sites is 1. The largest absolute Gasteiger partial charge is 0.361 e. The Morgan fingerprint density at radius 3 is 2.54 bits per heavy atom. The number of carbonyl (C=O) groups excluding carboxylic acids is 2. The number of Topliss-reactive ketones (excluding diaryl/α,β-unsaturated/α-hetero) is 1. The molecule has 0 unspecified atom stereocenters. The van der Waals surface area contributed by atoms with E-state index in [1.54, 1.807) is 6.92 Å². The third-order valence-corrected chi connectivity index (χ3v) is 9.36. The van der Waals surface area contributed by atoms with Crippen LogP contribution in [-0.2, 0) is 21.8 Å². The van der Waals surface area contributed by atoms with Crippen LogP contribution in [0.5, 0.6) is 0 Å². The van der Waals surface area contributed by atoms with Crippen LogP contribution in [0.15, 0.2) is 54.6 Å². The summed E-state index contributed by atoms with van der Waals surface area (Å²) in [5.74, 6) is 0.226. The van der Waals surface area contributed by atoms with Gasteiger partial charge in [-0.3, -0.25) is 4.79 Å². The molecule has 1 fully saturated rings. The van der Waals surface area contributed by atoms with Gasteiger partial charge in [0.2, 0.25) is 0 Å². The summed E-state index contributed by atoms with van der Waals surface area (Å²) in [6.07, 6.45) is 1.18. The quantitative estimate of drug-likeness (QED) is 0.287. The third-order valence-electron chi connectivity index (χ3n) is 7.66. The Kier molecular flexibility index (Phi) is 5.80. The van der Waals surface area contributed by atoms with Gasteiger partial charge in [0.1, 0.15) is 18.1 Å². The highest BCUT2D eigenvalue weighted by molar-refractivity contribution is 6.76. The van der Waals surface area contributed by atoms with Gasteiger partial charge in [-0.25, -0.2) is 0 Å². The minimum absolute atomic E-state index is 0.0596. The van der Waals surface area contributed by atoms with E-state index in [4.69, 9.17) is 4.74 Å². The summed E-state index contributed by atoms with van der Waals surface area (Å²) in [4.78, 5) is 28.0. The van der Waals surface area contributed by atoms with Crippen molar-refractivity contribution in [3.8, 4) is 0 Å². The maximum Gasteiger partial charge on any atom is 0.255 e. The lowest BCUT2D eigenvalue weighted by Gasteiger charge is -2.35. The Bertz CT molecular complexity index is 1310. The molecule has 5 rings (SSSR count). The van der Waals surface area contributed by atoms with Crippen LogP contribution in [0.3, 0.4) is 0 Å². The van der Waals surface area contributed by atoms with Crippen LogP contribution in [0.1, 0.15) is 48.3 Å². The maximum absolute atomic E-state index is 13.7. The minimum Gasteiger partial charge on any atom is -0.361 e. The molecule has 1 amide bonds. The number of ether oxygens (including phenoxy) is 1. The highest BCUT2D eigenvalue weighted by atomic mass is 28.3. The van der Waals surface area contributed by atoms with Gasteiger partial charge in [-0.15, -0.1) is 0 Å². The van der Waals surface area contributed by atoms with Gasteiger partial charge >= 0.3 is 0 Å². The molecule has 5 nitrogen and oxygen atoms in total. The highest BCUT2D eigenvalue weighted by Gasteiger charge is 2.61. The molecule has 1 saturated heterocycles. The minimum atomic E-state index is -1.21. The van der Waals surface area contributed by atoms with Crippen LogP contribution in [0.25, 0.3) is 10.9 Å². The second kappa shape index (κ2) is 8.45. The second-order valence-electron chi connectivity index (χ2n) is 12.0. The fourth-order valence-corrected chi connectivity index (χ4v) is 7.02. The van der Waals surface area contributed by atoms with Gasteiger partial charge in [0.15, 0.2) is 0 Å². The first-order valence-corrected chi connectivity index (χ1v) is 16.3. The zero-order valence-corrected chi connectivity index (χ0v) is 22.6. The summed E-state index contributed by atoms with van der Waals surface area (Å²) in [5.41, 5.74) is 3.12. The molecule has 184 valence electrons. The Morgan fingerprint density at radius 1 is 1.09 bits per heavy atom. The molecule has 1 aromatic heterocycles. The van der Waals surface area contributed by atoms with Crippen molar-refractivity contribution in [3.63, 3.8) is 0 Å². The van der Waals surface area contributed by atoms with E-state index < -0.39 is 13.6 Å². The molecule has 2 aromatic carbocycles. The molecular formula is C29H36N2O3Si. The summed E-state index contributed by atoms with van der Waals surface area (Å²) in [5, 5.41) is 1.14. The first-order chi connectivity index (χ1) is 16.5. The molecule has 0 bridgehead atoms. The van der Waals surface area contributed by atoms with E-state index in [-0.39, 0.29) is 17.1 Å². The van der Waals surface area contributed by atoms with Crippen molar-refractivity contribution in [2.75, 3.05) is 13.2 Å². The first-order valence-electron chi connectivity index (χ1n) is 12.6. The lowest BCUT2D eigenvalue weighted by molar-refractivity contribution is -0.118. The number of ketones is 1. The van der Waals surface area contributed by atoms with Gasteiger partial charge < -0.3 is 19.0 Å². The zero-order chi connectivity index (χ0) is 25.0. The summed E-state index contributed by atoms with van der Waals surface area (Å²) < 4.78 is 8.54. The van der Waals surface area contributed by atoms with Crippen molar-refractivity contribution in [1.82, 2.24) is 9.47 Å². The number of fused-ring (bicyclic) bond motifs is 4. The molecule has 0 spiro atoms. The molecule has 0 aliphatic carbocycles. The number of hydrogen-bond acceptors (Lipinski definition) is 3. The number of nitrogens with zero attached hydrogens (tertiary/aromatic N) is 2. The fourth-order valence-electron chi connectivity index (χ4n) is 6.26. The maximum atomic E-state index is 13.7. The van der Waals surface area contributed by atoms with Crippen LogP contribution >= 0.6 is 0 Å². The molecule has 3 aromatic rings. The molecule has 2 aliphatic rings. The van der Waals surface area contributed by atoms with Crippen molar-refractivity contribution in [2.45, 2.75) is 64.6 Å². The Labute approximate surface area is 209 Å². The molecule has 2 atom stereocenters. The molecule has 3 heterocycles. The van der Waals surface area contributed by atoms with Crippen molar-refractivity contribution in [3.05, 3.63) is 71.4 Å². The highest BCUT2D eigenvalue weighted by Crippen LogP contribution is 2.58. The van der Waals surface area contributed by atoms with Gasteiger partial charge in [0, 0.05) is 38.6 Å². The first kappa shape index (κ1) is 24.0. The summed E-state index contributed by atoms with van der Waals surface area (Å²) in [6, 6.07) is 19.7. The summed E-state index contributed by atoms with van der Waals surface area (Å²) in [6.45, 7) is 12.6. The van der Waals surface area contributed by atoms with Crippen LogP contribution in [0, 0.1) is 5.41 Å². The SMILES string of the molecule is CC(=O)C[C@]1(C)CN2C(=O)c3ccccc3[C@]2(c2cc3ccccc3n2COCC[Si](C)(C)C)C1. The van der Waals surface area contributed by atoms with E-state index in [9.17, 15) is 9.59 Å². The fraction of sp³-hybridized carbons (Fsp3) is 0.448. The molecule has 0 saturated carbocycles. The number of amides is 1. The predicted octanol–water partition coefficient (Wildman–Crippen LogP) is 6.04. The van der Waals surface area contributed by atoms with Crippen molar-refractivity contribution in [2.24, 2.45) is 5.41 Å². The Balaban J connectivity index is 1.66. The van der Waals surface area contributed by atoms with E-state index in [1.807, 2.05) is 23.1 Å². The average molecular weight is 489 g/mol. The summed E-state index contributed by atoms with van der Waals surface area (Å²) in [7, 11) is -1.21. The number of aromatic nitrogens is 1. The third kappa shape index (κ3) is 4.06. The Hall–Kier alpha value is -2.70. The zero-order valence-electron chi connectivity index (χ0n) is 21.6. The molecular weight excluding hydrogens is 452 g/mol. The number of carbonyl (C=O) groups is 2. The van der Waals surface area contributed by atoms with E-state index >= 15 is 0 Å². The monoisotopic (exact) mass is 488 g/mol. The Morgan fingerprint density at radius 2 is 1.80 bits per heavy atom. The van der Waals surface area contributed by atoms with Crippen molar-refractivity contribution >= 4 is 30.7 Å². The standard InChI is InChI=1S/C29H36N2O3Si/c1-21(32)17-28(2)18-29(24-12-8-7-11-23(24)27(33)31(29)19-28)26-16-22-10-6-9-13-25(22)30(26)20-34-14-15-35(3,4)5/h6-13,16H,14-15,17-20H2,1-5H3/t28-,29-/m0/s1. The molecule has 6 heteroatoms. The van der Waals surface area contributed by atoms with Crippen molar-refractivity contribution < 1.29 is 14.3 Å². The van der Waals surface area contributed by atoms with Crippen molar-refractivity contribution in [1.29, 1.82) is 0 Å². The average Bonchev–Trinajstić information content (AvgIpc) is 3.37. The van der Waals surface area contributed by atoms with Gasteiger partial charge in [-0.2, -0.15) is 0 Å². The van der Waals surface area contributed by atoms with E-state index in [0.717, 1.165) is 40.4 Å². The normalized spacial score (nSPS) is 23.7. The van der Waals surface area contributed by atoms with Crippen LogP contribution in [0.4, 0.5) is 0 Å².